The molecule has 33 heavy (non-hydrogen) atoms. The van der Waals surface area contributed by atoms with Crippen LogP contribution in [0.3, 0.4) is 0 Å². The van der Waals surface area contributed by atoms with Crippen LogP contribution in [-0.4, -0.2) is 18.4 Å². The number of hydrogen-bond donors (Lipinski definition) is 0. The van der Waals surface area contributed by atoms with Gasteiger partial charge >= 0.3 is 16.3 Å². The van der Waals surface area contributed by atoms with E-state index in [9.17, 15) is 26.0 Å². The maximum atomic E-state index is 13.3. The Bertz CT molecular complexity index is 1450. The predicted molar refractivity (Wildman–Crippen MR) is 110 cm³/mol. The van der Waals surface area contributed by atoms with E-state index in [0.29, 0.717) is 28.2 Å². The Hall–Kier alpha value is -3.44. The van der Waals surface area contributed by atoms with Gasteiger partial charge in [-0.15, -0.1) is 0 Å². The van der Waals surface area contributed by atoms with Gasteiger partial charge in [0, 0.05) is 5.02 Å². The van der Waals surface area contributed by atoms with Crippen molar-refractivity contribution in [2.45, 2.75) is 11.1 Å². The zero-order chi connectivity index (χ0) is 23.8. The number of nitrogens with zero attached hydrogens (tertiary/aromatic N) is 2. The molecule has 0 aliphatic heterocycles. The summed E-state index contributed by atoms with van der Waals surface area (Å²) in [6.07, 6.45) is -3.74. The topological polar surface area (TPSA) is 78.4 Å². The lowest BCUT2D eigenvalue weighted by Crippen LogP contribution is -2.17. The van der Waals surface area contributed by atoms with Gasteiger partial charge in [0.1, 0.15) is 22.2 Å². The molecular weight excluding hydrogens is 488 g/mol. The molecular formula is C21H11ClF4N2O4S. The molecule has 0 aliphatic carbocycles. The van der Waals surface area contributed by atoms with Crippen LogP contribution in [-0.2, 0) is 16.3 Å². The highest BCUT2D eigenvalue weighted by atomic mass is 35.5. The highest BCUT2D eigenvalue weighted by Crippen LogP contribution is 2.36. The Morgan fingerprint density at radius 3 is 2.27 bits per heavy atom. The number of halogens is 5. The van der Waals surface area contributed by atoms with E-state index in [1.165, 1.54) is 30.5 Å². The van der Waals surface area contributed by atoms with E-state index in [1.807, 2.05) is 0 Å². The molecule has 0 N–H and O–H groups in total. The van der Waals surface area contributed by atoms with Gasteiger partial charge in [0.05, 0.1) is 22.8 Å². The third-order valence-corrected chi connectivity index (χ3v) is 5.79. The lowest BCUT2D eigenvalue weighted by Gasteiger charge is -2.14. The standard InChI is InChI=1S/C21H11ClF4N2O4S/c22-12-1-7-17-18(9-12)27-11-20(28-17)31-14-3-5-15(6-4-14)32-33(29,30)19-8-2-13(23)10-16(19)21(24,25)26/h1-11H. The first-order valence-electron chi connectivity index (χ1n) is 9.03. The molecule has 170 valence electrons. The van der Waals surface area contributed by atoms with Crippen molar-refractivity contribution in [3.63, 3.8) is 0 Å². The fourth-order valence-electron chi connectivity index (χ4n) is 2.81. The molecule has 3 aromatic carbocycles. The normalized spacial score (nSPS) is 12.0. The summed E-state index contributed by atoms with van der Waals surface area (Å²) in [7, 11) is -4.90. The van der Waals surface area contributed by atoms with Gasteiger partial charge in [-0.25, -0.2) is 14.4 Å². The molecule has 0 unspecified atom stereocenters. The number of alkyl halides is 3. The minimum atomic E-state index is -5.10. The van der Waals surface area contributed by atoms with Crippen LogP contribution in [0.25, 0.3) is 11.0 Å². The van der Waals surface area contributed by atoms with Crippen molar-refractivity contribution in [2.75, 3.05) is 0 Å². The molecule has 0 bridgehead atoms. The Morgan fingerprint density at radius 2 is 1.58 bits per heavy atom. The number of rotatable bonds is 5. The number of benzene rings is 3. The van der Waals surface area contributed by atoms with Gasteiger partial charge < -0.3 is 8.92 Å². The van der Waals surface area contributed by atoms with Crippen LogP contribution in [0.4, 0.5) is 17.6 Å². The smallest absolute Gasteiger partial charge is 0.417 e. The van der Waals surface area contributed by atoms with Crippen molar-refractivity contribution in [2.24, 2.45) is 0 Å². The van der Waals surface area contributed by atoms with Crippen molar-refractivity contribution >= 4 is 32.8 Å². The van der Waals surface area contributed by atoms with Crippen LogP contribution in [0.5, 0.6) is 17.4 Å². The molecule has 12 heteroatoms. The maximum Gasteiger partial charge on any atom is 0.417 e. The molecule has 4 rings (SSSR count). The Labute approximate surface area is 189 Å². The van der Waals surface area contributed by atoms with Crippen LogP contribution in [0.2, 0.25) is 5.02 Å². The van der Waals surface area contributed by atoms with E-state index < -0.39 is 32.6 Å². The number of ether oxygens (including phenoxy) is 1. The first-order valence-corrected chi connectivity index (χ1v) is 10.8. The molecule has 1 heterocycles. The van der Waals surface area contributed by atoms with Crippen molar-refractivity contribution in [3.8, 4) is 17.4 Å². The van der Waals surface area contributed by atoms with Crippen molar-refractivity contribution in [3.05, 3.63) is 83.3 Å². The minimum Gasteiger partial charge on any atom is -0.437 e. The second-order valence-electron chi connectivity index (χ2n) is 6.59. The summed E-state index contributed by atoms with van der Waals surface area (Å²) in [4.78, 5) is 7.24. The fourth-order valence-corrected chi connectivity index (χ4v) is 4.11. The van der Waals surface area contributed by atoms with Crippen molar-refractivity contribution in [1.82, 2.24) is 9.97 Å². The van der Waals surface area contributed by atoms with E-state index >= 15 is 0 Å². The van der Waals surface area contributed by atoms with Gasteiger partial charge in [-0.3, -0.25) is 0 Å². The zero-order valence-electron chi connectivity index (χ0n) is 16.2. The molecule has 0 amide bonds. The van der Waals surface area contributed by atoms with E-state index in [4.69, 9.17) is 20.5 Å². The van der Waals surface area contributed by atoms with Gasteiger partial charge in [-0.2, -0.15) is 21.6 Å². The summed E-state index contributed by atoms with van der Waals surface area (Å²) in [6, 6.07) is 11.1. The largest absolute Gasteiger partial charge is 0.437 e. The lowest BCUT2D eigenvalue weighted by molar-refractivity contribution is -0.140. The highest BCUT2D eigenvalue weighted by Gasteiger charge is 2.38. The first kappa shape index (κ1) is 22.7. The van der Waals surface area contributed by atoms with Crippen LogP contribution in [0.1, 0.15) is 5.56 Å². The van der Waals surface area contributed by atoms with E-state index in [0.717, 1.165) is 0 Å². The second-order valence-corrected chi connectivity index (χ2v) is 8.54. The Balaban J connectivity index is 1.54. The van der Waals surface area contributed by atoms with E-state index in [2.05, 4.69) is 9.97 Å². The maximum absolute atomic E-state index is 13.3. The van der Waals surface area contributed by atoms with Gasteiger partial charge in [-0.1, -0.05) is 11.6 Å². The Morgan fingerprint density at radius 1 is 0.879 bits per heavy atom. The van der Waals surface area contributed by atoms with Gasteiger partial charge in [0.15, 0.2) is 0 Å². The summed E-state index contributed by atoms with van der Waals surface area (Å²) in [5, 5.41) is 0.499. The van der Waals surface area contributed by atoms with E-state index in [-0.39, 0.29) is 23.4 Å². The molecule has 6 nitrogen and oxygen atoms in total. The lowest BCUT2D eigenvalue weighted by atomic mass is 10.2. The second kappa shape index (κ2) is 8.49. The van der Waals surface area contributed by atoms with Crippen molar-refractivity contribution in [1.29, 1.82) is 0 Å². The number of aromatic nitrogens is 2. The predicted octanol–water partition coefficient (Wildman–Crippen LogP) is 6.00. The fraction of sp³-hybridized carbons (Fsp3) is 0.0476. The highest BCUT2D eigenvalue weighted by molar-refractivity contribution is 7.87. The van der Waals surface area contributed by atoms with Crippen LogP contribution in [0, 0.1) is 5.82 Å². The molecule has 0 aliphatic rings. The molecule has 0 spiro atoms. The molecule has 0 radical (unpaired) electrons. The third-order valence-electron chi connectivity index (χ3n) is 4.25. The number of hydrogen-bond acceptors (Lipinski definition) is 6. The van der Waals surface area contributed by atoms with E-state index in [1.54, 1.807) is 18.2 Å². The van der Waals surface area contributed by atoms with Gasteiger partial charge in [0.25, 0.3) is 0 Å². The summed E-state index contributed by atoms with van der Waals surface area (Å²) in [5.41, 5.74) is -0.579. The first-order chi connectivity index (χ1) is 15.5. The average molecular weight is 499 g/mol. The quantitative estimate of drug-likeness (QED) is 0.248. The SMILES string of the molecule is O=S(=O)(Oc1ccc(Oc2cnc3cc(Cl)ccc3n2)cc1)c1ccc(F)cc1C(F)(F)F. The molecule has 0 fully saturated rings. The third kappa shape index (κ3) is 5.15. The summed E-state index contributed by atoms with van der Waals surface area (Å²) in [6.45, 7) is 0. The summed E-state index contributed by atoms with van der Waals surface area (Å²) >= 11 is 5.90. The monoisotopic (exact) mass is 498 g/mol. The molecule has 0 saturated heterocycles. The Kier molecular flexibility index (Phi) is 5.85. The van der Waals surface area contributed by atoms with Crippen LogP contribution >= 0.6 is 11.6 Å². The number of fused-ring (bicyclic) bond motifs is 1. The zero-order valence-corrected chi connectivity index (χ0v) is 17.7. The molecule has 0 atom stereocenters. The average Bonchev–Trinajstić information content (AvgIpc) is 2.74. The summed E-state index contributed by atoms with van der Waals surface area (Å²) in [5.74, 6) is -1.13. The minimum absolute atomic E-state index is 0.0890. The molecule has 1 aromatic heterocycles. The van der Waals surface area contributed by atoms with Crippen molar-refractivity contribution < 1.29 is 34.9 Å². The van der Waals surface area contributed by atoms with Crippen LogP contribution < -0.4 is 8.92 Å². The molecule has 4 aromatic rings. The summed E-state index contributed by atoms with van der Waals surface area (Å²) < 4.78 is 87.9. The van der Waals surface area contributed by atoms with Crippen LogP contribution in [0.15, 0.2) is 71.8 Å². The van der Waals surface area contributed by atoms with Gasteiger partial charge in [0.2, 0.25) is 5.88 Å². The van der Waals surface area contributed by atoms with Gasteiger partial charge in [-0.05, 0) is 60.7 Å². The molecule has 0 saturated carbocycles.